The smallest absolute Gasteiger partial charge is 0.347 e. The van der Waals surface area contributed by atoms with E-state index in [9.17, 15) is 12.3 Å². The number of rotatable bonds is 2. The van der Waals surface area contributed by atoms with Gasteiger partial charge in [0.05, 0.1) is 0 Å². The van der Waals surface area contributed by atoms with E-state index >= 15 is 0 Å². The van der Waals surface area contributed by atoms with Gasteiger partial charge in [-0.3, -0.25) is 0 Å². The van der Waals surface area contributed by atoms with Gasteiger partial charge < -0.3 is 4.12 Å². The SMILES string of the molecule is F[Si](F)(F)O[Si](Cl)(Cl)Cl. The molecule has 9 heavy (non-hydrogen) atoms. The van der Waals surface area contributed by atoms with Crippen molar-refractivity contribution in [1.29, 1.82) is 0 Å². The van der Waals surface area contributed by atoms with Crippen LogP contribution in [-0.2, 0) is 4.12 Å². The molecule has 0 saturated heterocycles. The monoisotopic (exact) mass is 234 g/mol. The van der Waals surface area contributed by atoms with Gasteiger partial charge in [-0.05, 0) is 0 Å². The van der Waals surface area contributed by atoms with Crippen LogP contribution in [0.25, 0.3) is 0 Å². The lowest BCUT2D eigenvalue weighted by atomic mass is 15.8. The Morgan fingerprint density at radius 3 is 1.33 bits per heavy atom. The molecule has 0 aliphatic rings. The summed E-state index contributed by atoms with van der Waals surface area (Å²) in [6, 6.07) is 0. The van der Waals surface area contributed by atoms with E-state index in [4.69, 9.17) is 33.2 Å². The van der Waals surface area contributed by atoms with Crippen molar-refractivity contribution in [2.75, 3.05) is 0 Å². The Bertz CT molecular complexity index is 82.2. The molecule has 0 aliphatic heterocycles. The van der Waals surface area contributed by atoms with Gasteiger partial charge in [0.25, 0.3) is 0 Å². The molecule has 56 valence electrons. The van der Waals surface area contributed by atoms with Gasteiger partial charge in [0, 0.05) is 0 Å². The molecule has 0 aliphatic carbocycles. The van der Waals surface area contributed by atoms with E-state index in [1.54, 1.807) is 0 Å². The van der Waals surface area contributed by atoms with E-state index in [0.717, 1.165) is 0 Å². The molecule has 0 unspecified atom stereocenters. The fourth-order valence-electron chi connectivity index (χ4n) is 0.131. The molecule has 0 spiro atoms. The van der Waals surface area contributed by atoms with Gasteiger partial charge in [0.2, 0.25) is 0 Å². The van der Waals surface area contributed by atoms with E-state index in [-0.39, 0.29) is 0 Å². The van der Waals surface area contributed by atoms with Gasteiger partial charge >= 0.3 is 15.6 Å². The van der Waals surface area contributed by atoms with Crippen molar-refractivity contribution in [3.05, 3.63) is 0 Å². The minimum Gasteiger partial charge on any atom is -0.347 e. The predicted octanol–water partition coefficient (Wildman–Crippen LogP) is 2.50. The maximum Gasteiger partial charge on any atom is 0.794 e. The van der Waals surface area contributed by atoms with Crippen molar-refractivity contribution in [1.82, 2.24) is 0 Å². The molecule has 0 aromatic carbocycles. The normalized spacial score (nSPS) is 14.0. The highest BCUT2D eigenvalue weighted by molar-refractivity contribution is 7.62. The molecule has 9 heteroatoms. The standard InChI is InChI=1S/Cl3F3OSi2/c1-8(2,3)7-9(4,5)6. The van der Waals surface area contributed by atoms with Crippen molar-refractivity contribution >= 4 is 48.8 Å². The van der Waals surface area contributed by atoms with Crippen molar-refractivity contribution in [3.63, 3.8) is 0 Å². The van der Waals surface area contributed by atoms with Gasteiger partial charge in [-0.2, -0.15) is 0 Å². The zero-order valence-electron chi connectivity index (χ0n) is 3.68. The Morgan fingerprint density at radius 2 is 1.33 bits per heavy atom. The van der Waals surface area contributed by atoms with Crippen LogP contribution in [-0.4, -0.2) is 15.6 Å². The fourth-order valence-corrected chi connectivity index (χ4v) is 3.54. The zero-order valence-corrected chi connectivity index (χ0v) is 7.94. The molecule has 0 amide bonds. The first kappa shape index (κ1) is 10.1. The first-order chi connectivity index (χ1) is 3.71. The molecule has 0 bridgehead atoms. The summed E-state index contributed by atoms with van der Waals surface area (Å²) in [6.45, 7) is 0. The third-order valence-electron chi connectivity index (χ3n) is 0.231. The number of hydrogen-bond acceptors (Lipinski definition) is 1. The van der Waals surface area contributed by atoms with Crippen LogP contribution in [0, 0.1) is 0 Å². The molecule has 0 aromatic heterocycles. The van der Waals surface area contributed by atoms with E-state index in [2.05, 4.69) is 4.12 Å². The minimum atomic E-state index is -6.13. The third-order valence-corrected chi connectivity index (χ3v) is 4.17. The highest BCUT2D eigenvalue weighted by atomic mass is 35.8. The second kappa shape index (κ2) is 2.97. The van der Waals surface area contributed by atoms with Crippen LogP contribution in [0.2, 0.25) is 0 Å². The van der Waals surface area contributed by atoms with E-state index in [0.29, 0.717) is 0 Å². The van der Waals surface area contributed by atoms with Crippen molar-refractivity contribution in [2.45, 2.75) is 0 Å². The van der Waals surface area contributed by atoms with Gasteiger partial charge in [-0.25, -0.2) is 12.3 Å². The Balaban J connectivity index is 3.75. The molecule has 0 N–H and O–H groups in total. The second-order valence-corrected chi connectivity index (χ2v) is 10.1. The summed E-state index contributed by atoms with van der Waals surface area (Å²) in [4.78, 5) is 0. The lowest BCUT2D eigenvalue weighted by molar-refractivity contribution is 0.305. The van der Waals surface area contributed by atoms with Crippen molar-refractivity contribution in [2.24, 2.45) is 0 Å². The largest absolute Gasteiger partial charge is 0.794 e. The predicted molar refractivity (Wildman–Crippen MR) is 33.5 cm³/mol. The summed E-state index contributed by atoms with van der Waals surface area (Å²) in [7, 11) is -6.13. The van der Waals surface area contributed by atoms with Gasteiger partial charge in [0.1, 0.15) is 0 Å². The van der Waals surface area contributed by atoms with E-state index in [1.165, 1.54) is 0 Å². The minimum absolute atomic E-state index is 3.20. The molecule has 0 radical (unpaired) electrons. The quantitative estimate of drug-likeness (QED) is 0.528. The maximum atomic E-state index is 11.2. The first-order valence-corrected chi connectivity index (χ1v) is 8.03. The second-order valence-electron chi connectivity index (χ2n) is 0.994. The zero-order chi connectivity index (χ0) is 7.71. The molecule has 0 rings (SSSR count). The van der Waals surface area contributed by atoms with Gasteiger partial charge in [0.15, 0.2) is 0 Å². The van der Waals surface area contributed by atoms with Crippen LogP contribution >= 0.6 is 33.2 Å². The number of hydrogen-bond donors (Lipinski definition) is 0. The summed E-state index contributed by atoms with van der Waals surface area (Å²) in [6.07, 6.45) is -3.94. The Hall–Kier alpha value is 1.05. The summed E-state index contributed by atoms with van der Waals surface area (Å²) < 4.78 is 36.9. The lowest BCUT2D eigenvalue weighted by Gasteiger charge is -2.08. The summed E-state index contributed by atoms with van der Waals surface area (Å²) >= 11 is 14.3. The van der Waals surface area contributed by atoms with Crippen LogP contribution < -0.4 is 0 Å². The summed E-state index contributed by atoms with van der Waals surface area (Å²) in [5.41, 5.74) is 0. The molecular weight excluding hydrogens is 236 g/mol. The van der Waals surface area contributed by atoms with E-state index < -0.39 is 15.6 Å². The molecule has 0 saturated carbocycles. The van der Waals surface area contributed by atoms with Crippen LogP contribution in [0.4, 0.5) is 12.3 Å². The Morgan fingerprint density at radius 1 is 1.00 bits per heavy atom. The molecule has 0 atom stereocenters. The third kappa shape index (κ3) is 9.05. The van der Waals surface area contributed by atoms with E-state index in [1.807, 2.05) is 0 Å². The van der Waals surface area contributed by atoms with Gasteiger partial charge in [-0.15, -0.1) is 0 Å². The summed E-state index contributed by atoms with van der Waals surface area (Å²) in [5, 5.41) is 0. The Kier molecular flexibility index (Phi) is 3.32. The molecule has 1 nitrogen and oxygen atoms in total. The van der Waals surface area contributed by atoms with Crippen LogP contribution in [0.5, 0.6) is 0 Å². The Labute approximate surface area is 65.5 Å². The fraction of sp³-hybridized carbons (Fsp3) is 0. The highest BCUT2D eigenvalue weighted by Crippen LogP contribution is 2.27. The summed E-state index contributed by atoms with van der Waals surface area (Å²) in [5.74, 6) is 0. The van der Waals surface area contributed by atoms with Crippen molar-refractivity contribution < 1.29 is 16.4 Å². The first-order valence-electron chi connectivity index (χ1n) is 1.54. The topological polar surface area (TPSA) is 9.23 Å². The van der Waals surface area contributed by atoms with Crippen LogP contribution in [0.1, 0.15) is 0 Å². The van der Waals surface area contributed by atoms with Gasteiger partial charge in [-0.1, -0.05) is 33.2 Å². The highest BCUT2D eigenvalue weighted by Gasteiger charge is 2.50. The van der Waals surface area contributed by atoms with Crippen molar-refractivity contribution in [3.8, 4) is 0 Å². The molecule has 0 fully saturated rings. The molecule has 0 aromatic rings. The number of halogens is 6. The lowest BCUT2D eigenvalue weighted by Crippen LogP contribution is -2.32. The van der Waals surface area contributed by atoms with Crippen LogP contribution in [0.3, 0.4) is 0 Å². The average Bonchev–Trinajstić information content (AvgIpc) is 1.14. The van der Waals surface area contributed by atoms with Crippen LogP contribution in [0.15, 0.2) is 0 Å². The molecular formula is Cl3F3OSi2. The molecule has 0 heterocycles. The maximum absolute atomic E-state index is 11.2. The average molecular weight is 236 g/mol.